The Morgan fingerprint density at radius 3 is 2.59 bits per heavy atom. The molecule has 0 saturated carbocycles. The number of ether oxygens (including phenoxy) is 1. The van der Waals surface area contributed by atoms with E-state index in [2.05, 4.69) is 9.72 Å². The maximum Gasteiger partial charge on any atom is 0.338 e. The van der Waals surface area contributed by atoms with Crippen LogP contribution in [0.1, 0.15) is 10.4 Å². The van der Waals surface area contributed by atoms with Crippen LogP contribution in [0.3, 0.4) is 0 Å². The van der Waals surface area contributed by atoms with Gasteiger partial charge in [0, 0.05) is 5.56 Å². The maximum absolute atomic E-state index is 11.4. The molecule has 4 heteroatoms. The Balaban J connectivity index is 2.49. The van der Waals surface area contributed by atoms with Crippen LogP contribution in [0.15, 0.2) is 42.5 Å². The van der Waals surface area contributed by atoms with E-state index in [1.807, 2.05) is 30.3 Å². The van der Waals surface area contributed by atoms with Crippen molar-refractivity contribution in [1.82, 2.24) is 4.98 Å². The molecule has 0 saturated heterocycles. The Kier molecular flexibility index (Phi) is 3.05. The van der Waals surface area contributed by atoms with Crippen LogP contribution in [0.25, 0.3) is 11.3 Å². The van der Waals surface area contributed by atoms with Gasteiger partial charge in [-0.3, -0.25) is 0 Å². The number of nitrogens with zero attached hydrogens (tertiary/aromatic N) is 1. The monoisotopic (exact) mass is 228 g/mol. The van der Waals surface area contributed by atoms with Crippen molar-refractivity contribution in [3.8, 4) is 11.3 Å². The van der Waals surface area contributed by atoms with Gasteiger partial charge < -0.3 is 10.5 Å². The minimum Gasteiger partial charge on any atom is -0.465 e. The second kappa shape index (κ2) is 4.65. The molecule has 0 unspecified atom stereocenters. The van der Waals surface area contributed by atoms with Gasteiger partial charge in [0.25, 0.3) is 0 Å². The van der Waals surface area contributed by atoms with Crippen molar-refractivity contribution >= 4 is 11.8 Å². The van der Waals surface area contributed by atoms with Gasteiger partial charge in [0.1, 0.15) is 5.82 Å². The number of carbonyl (C=O) groups excluding carboxylic acids is 1. The highest BCUT2D eigenvalue weighted by atomic mass is 16.5. The summed E-state index contributed by atoms with van der Waals surface area (Å²) in [6, 6.07) is 12.7. The highest BCUT2D eigenvalue weighted by Gasteiger charge is 2.09. The Labute approximate surface area is 99.1 Å². The first-order chi connectivity index (χ1) is 8.20. The number of benzene rings is 1. The molecular weight excluding hydrogens is 216 g/mol. The van der Waals surface area contributed by atoms with Gasteiger partial charge >= 0.3 is 5.97 Å². The molecular formula is C13H12N2O2. The molecule has 17 heavy (non-hydrogen) atoms. The lowest BCUT2D eigenvalue weighted by Crippen LogP contribution is -2.04. The minimum absolute atomic E-state index is 0.298. The largest absolute Gasteiger partial charge is 0.465 e. The fourth-order valence-corrected chi connectivity index (χ4v) is 1.54. The van der Waals surface area contributed by atoms with E-state index >= 15 is 0 Å². The van der Waals surface area contributed by atoms with Crippen LogP contribution in [-0.2, 0) is 4.74 Å². The number of rotatable bonds is 2. The van der Waals surface area contributed by atoms with Gasteiger partial charge in [-0.25, -0.2) is 9.78 Å². The third kappa shape index (κ3) is 2.42. The number of aromatic nitrogens is 1. The van der Waals surface area contributed by atoms with Crippen molar-refractivity contribution in [2.75, 3.05) is 12.8 Å². The van der Waals surface area contributed by atoms with Crippen molar-refractivity contribution in [3.63, 3.8) is 0 Å². The standard InChI is InChI=1S/C13H12N2O2/c1-17-13(16)10-7-11(15-12(14)8-10)9-5-3-2-4-6-9/h2-8H,1H3,(H2,14,15). The molecule has 86 valence electrons. The number of anilines is 1. The second-order valence-corrected chi connectivity index (χ2v) is 3.52. The van der Waals surface area contributed by atoms with Gasteiger partial charge in [0.2, 0.25) is 0 Å². The zero-order valence-electron chi connectivity index (χ0n) is 9.38. The van der Waals surface area contributed by atoms with E-state index in [9.17, 15) is 4.79 Å². The average molecular weight is 228 g/mol. The molecule has 0 radical (unpaired) electrons. The van der Waals surface area contributed by atoms with E-state index in [1.54, 1.807) is 6.07 Å². The van der Waals surface area contributed by atoms with E-state index in [-0.39, 0.29) is 0 Å². The molecule has 1 heterocycles. The molecule has 0 atom stereocenters. The zero-order valence-corrected chi connectivity index (χ0v) is 9.38. The first kappa shape index (κ1) is 11.1. The zero-order chi connectivity index (χ0) is 12.3. The summed E-state index contributed by atoms with van der Waals surface area (Å²) in [6.45, 7) is 0. The maximum atomic E-state index is 11.4. The van der Waals surface area contributed by atoms with Crippen LogP contribution in [0.2, 0.25) is 0 Å². The molecule has 4 nitrogen and oxygen atoms in total. The highest BCUT2D eigenvalue weighted by Crippen LogP contribution is 2.20. The normalized spacial score (nSPS) is 9.94. The Morgan fingerprint density at radius 2 is 1.94 bits per heavy atom. The molecule has 2 aromatic rings. The molecule has 1 aromatic heterocycles. The molecule has 2 N–H and O–H groups in total. The Morgan fingerprint density at radius 1 is 1.24 bits per heavy atom. The SMILES string of the molecule is COC(=O)c1cc(N)nc(-c2ccccc2)c1. The first-order valence-corrected chi connectivity index (χ1v) is 5.12. The van der Waals surface area contributed by atoms with Gasteiger partial charge in [0.05, 0.1) is 18.4 Å². The van der Waals surface area contributed by atoms with Gasteiger partial charge in [-0.1, -0.05) is 30.3 Å². The van der Waals surface area contributed by atoms with Gasteiger partial charge in [0.15, 0.2) is 0 Å². The van der Waals surface area contributed by atoms with Crippen molar-refractivity contribution in [2.24, 2.45) is 0 Å². The first-order valence-electron chi connectivity index (χ1n) is 5.12. The number of hydrogen-bond donors (Lipinski definition) is 1. The van der Waals surface area contributed by atoms with E-state index in [0.717, 1.165) is 5.56 Å². The molecule has 1 aromatic carbocycles. The summed E-state index contributed by atoms with van der Waals surface area (Å²) < 4.78 is 4.66. The van der Waals surface area contributed by atoms with Crippen LogP contribution in [0.5, 0.6) is 0 Å². The Bertz CT molecular complexity index is 538. The predicted octanol–water partition coefficient (Wildman–Crippen LogP) is 2.12. The quantitative estimate of drug-likeness (QED) is 0.799. The van der Waals surface area contributed by atoms with Gasteiger partial charge in [-0.2, -0.15) is 0 Å². The summed E-state index contributed by atoms with van der Waals surface area (Å²) in [6.07, 6.45) is 0. The fourth-order valence-electron chi connectivity index (χ4n) is 1.54. The average Bonchev–Trinajstić information content (AvgIpc) is 2.38. The fraction of sp³-hybridized carbons (Fsp3) is 0.0769. The lowest BCUT2D eigenvalue weighted by molar-refractivity contribution is 0.0600. The number of nitrogen functional groups attached to an aromatic ring is 1. The van der Waals surface area contributed by atoms with Crippen LogP contribution < -0.4 is 5.73 Å². The summed E-state index contributed by atoms with van der Waals surface area (Å²) >= 11 is 0. The number of pyridine rings is 1. The molecule has 0 aliphatic carbocycles. The lowest BCUT2D eigenvalue weighted by atomic mass is 10.1. The highest BCUT2D eigenvalue weighted by molar-refractivity contribution is 5.91. The minimum atomic E-state index is -0.420. The molecule has 0 fully saturated rings. The summed E-state index contributed by atoms with van der Waals surface area (Å²) in [5.41, 5.74) is 7.64. The topological polar surface area (TPSA) is 65.2 Å². The summed E-state index contributed by atoms with van der Waals surface area (Å²) in [4.78, 5) is 15.6. The molecule has 0 spiro atoms. The predicted molar refractivity (Wildman–Crippen MR) is 65.4 cm³/mol. The van der Waals surface area contributed by atoms with Crippen LogP contribution >= 0.6 is 0 Å². The van der Waals surface area contributed by atoms with Crippen molar-refractivity contribution in [3.05, 3.63) is 48.0 Å². The summed E-state index contributed by atoms with van der Waals surface area (Å²) in [7, 11) is 1.33. The van der Waals surface area contributed by atoms with Crippen molar-refractivity contribution in [1.29, 1.82) is 0 Å². The lowest BCUT2D eigenvalue weighted by Gasteiger charge is -2.05. The number of hydrogen-bond acceptors (Lipinski definition) is 4. The third-order valence-electron chi connectivity index (χ3n) is 2.34. The molecule has 2 rings (SSSR count). The third-order valence-corrected chi connectivity index (χ3v) is 2.34. The van der Waals surface area contributed by atoms with E-state index in [0.29, 0.717) is 17.1 Å². The van der Waals surface area contributed by atoms with Crippen LogP contribution in [0.4, 0.5) is 5.82 Å². The summed E-state index contributed by atoms with van der Waals surface area (Å²) in [5, 5.41) is 0. The van der Waals surface area contributed by atoms with Crippen molar-refractivity contribution < 1.29 is 9.53 Å². The van der Waals surface area contributed by atoms with E-state index < -0.39 is 5.97 Å². The van der Waals surface area contributed by atoms with Gasteiger partial charge in [-0.05, 0) is 12.1 Å². The molecule has 0 aliphatic heterocycles. The van der Waals surface area contributed by atoms with Crippen LogP contribution in [-0.4, -0.2) is 18.1 Å². The second-order valence-electron chi connectivity index (χ2n) is 3.52. The van der Waals surface area contributed by atoms with Gasteiger partial charge in [-0.15, -0.1) is 0 Å². The summed E-state index contributed by atoms with van der Waals surface area (Å²) in [5.74, 6) is -0.122. The number of nitrogens with two attached hydrogens (primary N) is 1. The number of methoxy groups -OCH3 is 1. The number of esters is 1. The number of carbonyl (C=O) groups is 1. The Hall–Kier alpha value is -2.36. The van der Waals surface area contributed by atoms with E-state index in [1.165, 1.54) is 13.2 Å². The molecule has 0 amide bonds. The van der Waals surface area contributed by atoms with Crippen molar-refractivity contribution in [2.45, 2.75) is 0 Å². The molecule has 0 bridgehead atoms. The van der Waals surface area contributed by atoms with Crippen LogP contribution in [0, 0.1) is 0 Å². The smallest absolute Gasteiger partial charge is 0.338 e. The van der Waals surface area contributed by atoms with E-state index in [4.69, 9.17) is 5.73 Å². The molecule has 0 aliphatic rings.